The molecule has 2 aliphatic rings. The SMILES string of the molecule is O=C(Nc1cccc(Cl)c1)N(CC(=O)N1CCc2sccc2C1COc1ccccc1F)CC1CCCO1. The van der Waals surface area contributed by atoms with Gasteiger partial charge in [-0.15, -0.1) is 11.3 Å². The van der Waals surface area contributed by atoms with Gasteiger partial charge in [-0.1, -0.05) is 29.8 Å². The molecule has 0 saturated carbocycles. The summed E-state index contributed by atoms with van der Waals surface area (Å²) in [5.41, 5.74) is 1.55. The van der Waals surface area contributed by atoms with Crippen LogP contribution in [0.5, 0.6) is 5.75 Å². The van der Waals surface area contributed by atoms with E-state index in [4.69, 9.17) is 21.1 Å². The molecule has 1 saturated heterocycles. The van der Waals surface area contributed by atoms with Gasteiger partial charge in [-0.3, -0.25) is 4.79 Å². The number of hydrogen-bond acceptors (Lipinski definition) is 5. The number of para-hydroxylation sites is 1. The Kier molecular flexibility index (Phi) is 8.46. The predicted octanol–water partition coefficient (Wildman–Crippen LogP) is 5.76. The largest absolute Gasteiger partial charge is 0.488 e. The quantitative estimate of drug-likeness (QED) is 0.382. The molecule has 1 N–H and O–H groups in total. The molecule has 7 nitrogen and oxygen atoms in total. The minimum atomic E-state index is -0.452. The monoisotopic (exact) mass is 557 g/mol. The molecular formula is C28H29ClFN3O4S. The van der Waals surface area contributed by atoms with Gasteiger partial charge in [0.05, 0.1) is 12.1 Å². The van der Waals surface area contributed by atoms with Crippen LogP contribution in [0, 0.1) is 5.82 Å². The van der Waals surface area contributed by atoms with E-state index >= 15 is 0 Å². The molecule has 0 bridgehead atoms. The summed E-state index contributed by atoms with van der Waals surface area (Å²) in [6.07, 6.45) is 2.34. The maximum absolute atomic E-state index is 14.2. The highest BCUT2D eigenvalue weighted by molar-refractivity contribution is 7.10. The van der Waals surface area contributed by atoms with E-state index < -0.39 is 17.9 Å². The van der Waals surface area contributed by atoms with Crippen LogP contribution >= 0.6 is 22.9 Å². The molecule has 10 heteroatoms. The van der Waals surface area contributed by atoms with Gasteiger partial charge in [0.25, 0.3) is 0 Å². The minimum absolute atomic E-state index is 0.108. The fourth-order valence-electron chi connectivity index (χ4n) is 4.88. The van der Waals surface area contributed by atoms with Gasteiger partial charge >= 0.3 is 6.03 Å². The Balaban J connectivity index is 1.33. The third-order valence-corrected chi connectivity index (χ3v) is 8.02. The topological polar surface area (TPSA) is 71.1 Å². The standard InChI is InChI=1S/C28H29ClFN3O4S/c29-19-5-3-6-20(15-19)31-28(35)32(16-21-7-4-13-36-21)17-27(34)33-12-10-26-22(11-14-38-26)24(33)18-37-25-9-2-1-8-23(25)30/h1-3,5-6,8-9,11,14-15,21,24H,4,7,10,12-13,16-18H2,(H,31,35). The van der Waals surface area contributed by atoms with Gasteiger partial charge in [-0.25, -0.2) is 9.18 Å². The highest BCUT2D eigenvalue weighted by Crippen LogP contribution is 2.34. The highest BCUT2D eigenvalue weighted by Gasteiger charge is 2.34. The molecule has 1 fully saturated rings. The Morgan fingerprint density at radius 1 is 1.21 bits per heavy atom. The molecule has 3 heterocycles. The predicted molar refractivity (Wildman–Crippen MR) is 145 cm³/mol. The van der Waals surface area contributed by atoms with E-state index in [2.05, 4.69) is 5.32 Å². The second-order valence-electron chi connectivity index (χ2n) is 9.35. The number of carbonyl (C=O) groups is 2. The van der Waals surface area contributed by atoms with Crippen LogP contribution in [0.2, 0.25) is 5.02 Å². The van der Waals surface area contributed by atoms with Crippen molar-refractivity contribution in [2.45, 2.75) is 31.4 Å². The molecule has 0 spiro atoms. The van der Waals surface area contributed by atoms with Crippen LogP contribution in [0.25, 0.3) is 0 Å². The summed E-state index contributed by atoms with van der Waals surface area (Å²) < 4.78 is 25.8. The Morgan fingerprint density at radius 3 is 2.87 bits per heavy atom. The maximum atomic E-state index is 14.2. The average Bonchev–Trinajstić information content (AvgIpc) is 3.60. The zero-order valence-electron chi connectivity index (χ0n) is 20.8. The molecule has 2 aromatic carbocycles. The van der Waals surface area contributed by atoms with Crippen molar-refractivity contribution in [3.05, 3.63) is 81.3 Å². The van der Waals surface area contributed by atoms with Crippen molar-refractivity contribution in [1.29, 1.82) is 0 Å². The fourth-order valence-corrected chi connectivity index (χ4v) is 6.00. The van der Waals surface area contributed by atoms with Gasteiger partial charge in [0.15, 0.2) is 11.6 Å². The third-order valence-electron chi connectivity index (χ3n) is 6.79. The Morgan fingerprint density at radius 2 is 2.08 bits per heavy atom. The van der Waals surface area contributed by atoms with Crippen molar-refractivity contribution in [2.24, 2.45) is 0 Å². The highest BCUT2D eigenvalue weighted by atomic mass is 35.5. The van der Waals surface area contributed by atoms with Crippen LogP contribution in [0.1, 0.15) is 29.3 Å². The summed E-state index contributed by atoms with van der Waals surface area (Å²) >= 11 is 7.72. The first-order valence-corrected chi connectivity index (χ1v) is 13.9. The number of benzene rings is 2. The zero-order valence-corrected chi connectivity index (χ0v) is 22.3. The van der Waals surface area contributed by atoms with Crippen LogP contribution in [-0.4, -0.2) is 60.7 Å². The first kappa shape index (κ1) is 26.5. The summed E-state index contributed by atoms with van der Waals surface area (Å²) in [5, 5.41) is 5.35. The summed E-state index contributed by atoms with van der Waals surface area (Å²) in [6, 6.07) is 14.3. The summed E-state index contributed by atoms with van der Waals surface area (Å²) in [5.74, 6) is -0.515. The number of rotatable bonds is 8. The number of fused-ring (bicyclic) bond motifs is 1. The summed E-state index contributed by atoms with van der Waals surface area (Å²) in [7, 11) is 0. The lowest BCUT2D eigenvalue weighted by Crippen LogP contribution is -2.50. The van der Waals surface area contributed by atoms with E-state index in [1.165, 1.54) is 15.8 Å². The smallest absolute Gasteiger partial charge is 0.322 e. The van der Waals surface area contributed by atoms with Crippen molar-refractivity contribution < 1.29 is 23.5 Å². The number of nitrogens with one attached hydrogen (secondary N) is 1. The number of urea groups is 1. The van der Waals surface area contributed by atoms with Crippen LogP contribution < -0.4 is 10.1 Å². The van der Waals surface area contributed by atoms with E-state index in [0.717, 1.165) is 24.8 Å². The van der Waals surface area contributed by atoms with E-state index in [1.807, 2.05) is 11.4 Å². The Labute approximate surface area is 230 Å². The number of hydrogen-bond donors (Lipinski definition) is 1. The molecule has 2 aliphatic heterocycles. The van der Waals surface area contributed by atoms with Crippen molar-refractivity contribution in [3.63, 3.8) is 0 Å². The third kappa shape index (κ3) is 6.28. The molecular weight excluding hydrogens is 529 g/mol. The van der Waals surface area contributed by atoms with E-state index in [1.54, 1.807) is 58.7 Å². The lowest BCUT2D eigenvalue weighted by molar-refractivity contribution is -0.135. The average molecular weight is 558 g/mol. The van der Waals surface area contributed by atoms with Crippen molar-refractivity contribution in [3.8, 4) is 5.75 Å². The first-order chi connectivity index (χ1) is 18.5. The van der Waals surface area contributed by atoms with Crippen molar-refractivity contribution in [2.75, 3.05) is 38.2 Å². The molecule has 1 aromatic heterocycles. The van der Waals surface area contributed by atoms with E-state index in [0.29, 0.717) is 30.4 Å². The van der Waals surface area contributed by atoms with Crippen molar-refractivity contribution in [1.82, 2.24) is 9.80 Å². The van der Waals surface area contributed by atoms with Gasteiger partial charge in [0.2, 0.25) is 5.91 Å². The van der Waals surface area contributed by atoms with Gasteiger partial charge in [0.1, 0.15) is 13.2 Å². The molecule has 0 aliphatic carbocycles. The molecule has 3 amide bonds. The van der Waals surface area contributed by atoms with Gasteiger partial charge < -0.3 is 24.6 Å². The van der Waals surface area contributed by atoms with Gasteiger partial charge in [0, 0.05) is 35.3 Å². The van der Waals surface area contributed by atoms with Gasteiger partial charge in [-0.05, 0) is 66.6 Å². The molecule has 200 valence electrons. The number of ether oxygens (including phenoxy) is 2. The molecule has 2 unspecified atom stereocenters. The lowest BCUT2D eigenvalue weighted by Gasteiger charge is -2.37. The summed E-state index contributed by atoms with van der Waals surface area (Å²) in [6.45, 7) is 1.41. The number of anilines is 1. The van der Waals surface area contributed by atoms with Crippen LogP contribution in [0.15, 0.2) is 60.0 Å². The number of halogens is 2. The normalized spacial score (nSPS) is 18.6. The van der Waals surface area contributed by atoms with Crippen LogP contribution in [0.4, 0.5) is 14.9 Å². The number of thiophene rings is 1. The molecule has 5 rings (SSSR count). The minimum Gasteiger partial charge on any atom is -0.488 e. The molecule has 3 aromatic rings. The Hall–Kier alpha value is -3.14. The Bertz CT molecular complexity index is 1280. The lowest BCUT2D eigenvalue weighted by atomic mass is 10.0. The second kappa shape index (κ2) is 12.1. The molecule has 0 radical (unpaired) electrons. The second-order valence-corrected chi connectivity index (χ2v) is 10.8. The zero-order chi connectivity index (χ0) is 26.5. The van der Waals surface area contributed by atoms with E-state index in [9.17, 15) is 14.0 Å². The van der Waals surface area contributed by atoms with Gasteiger partial charge in [-0.2, -0.15) is 0 Å². The van der Waals surface area contributed by atoms with Crippen molar-refractivity contribution >= 4 is 40.6 Å². The van der Waals surface area contributed by atoms with E-state index in [-0.39, 0.29) is 30.9 Å². The molecule has 38 heavy (non-hydrogen) atoms. The number of nitrogens with zero attached hydrogens (tertiary/aromatic N) is 2. The first-order valence-electron chi connectivity index (χ1n) is 12.6. The summed E-state index contributed by atoms with van der Waals surface area (Å²) in [4.78, 5) is 31.5. The van der Waals surface area contributed by atoms with Crippen LogP contribution in [-0.2, 0) is 16.0 Å². The maximum Gasteiger partial charge on any atom is 0.322 e. The molecule has 2 atom stereocenters. The number of carbonyl (C=O) groups excluding carboxylic acids is 2. The van der Waals surface area contributed by atoms with Crippen LogP contribution in [0.3, 0.4) is 0 Å². The number of amides is 3. The fraction of sp³-hybridized carbons (Fsp3) is 0.357.